The van der Waals surface area contributed by atoms with Crippen LogP contribution in [0.25, 0.3) is 0 Å². The zero-order chi connectivity index (χ0) is 8.15. The standard InChI is InChI=1S/C7H13N.C2H6/c1-6-4-5-8(3)7(6)2;1-2/h4-7H,1-3H3;1-2H3/t6?,7-;/m1./s1. The van der Waals surface area contributed by atoms with Crippen LogP contribution in [0.1, 0.15) is 27.7 Å². The van der Waals surface area contributed by atoms with E-state index >= 15 is 0 Å². The van der Waals surface area contributed by atoms with Crippen LogP contribution in [0.15, 0.2) is 12.3 Å². The number of hydrogen-bond acceptors (Lipinski definition) is 1. The van der Waals surface area contributed by atoms with E-state index in [9.17, 15) is 0 Å². The van der Waals surface area contributed by atoms with Crippen LogP contribution >= 0.6 is 0 Å². The zero-order valence-electron chi connectivity index (χ0n) is 7.76. The second kappa shape index (κ2) is 4.37. The summed E-state index contributed by atoms with van der Waals surface area (Å²) in [6.45, 7) is 8.48. The molecule has 60 valence electrons. The first-order valence-corrected chi connectivity index (χ1v) is 4.12. The van der Waals surface area contributed by atoms with Crippen molar-refractivity contribution in [3.63, 3.8) is 0 Å². The Hall–Kier alpha value is -0.460. The Kier molecular flexibility index (Phi) is 4.17. The van der Waals surface area contributed by atoms with Gasteiger partial charge in [-0.25, -0.2) is 0 Å². The van der Waals surface area contributed by atoms with E-state index in [-0.39, 0.29) is 0 Å². The van der Waals surface area contributed by atoms with Crippen molar-refractivity contribution in [3.8, 4) is 0 Å². The molecule has 0 aliphatic carbocycles. The maximum atomic E-state index is 2.24. The van der Waals surface area contributed by atoms with Gasteiger partial charge in [0.15, 0.2) is 0 Å². The molecule has 0 aromatic rings. The molecule has 1 aliphatic rings. The van der Waals surface area contributed by atoms with Gasteiger partial charge in [0.1, 0.15) is 0 Å². The van der Waals surface area contributed by atoms with Crippen molar-refractivity contribution in [2.45, 2.75) is 33.7 Å². The monoisotopic (exact) mass is 141 g/mol. The lowest BCUT2D eigenvalue weighted by Crippen LogP contribution is -2.23. The molecule has 0 spiro atoms. The molecule has 0 radical (unpaired) electrons. The second-order valence-electron chi connectivity index (χ2n) is 2.61. The number of nitrogens with zero attached hydrogens (tertiary/aromatic N) is 1. The molecule has 1 heterocycles. The lowest BCUT2D eigenvalue weighted by Gasteiger charge is -2.18. The molecule has 0 N–H and O–H groups in total. The van der Waals surface area contributed by atoms with E-state index in [1.54, 1.807) is 0 Å². The Morgan fingerprint density at radius 1 is 1.20 bits per heavy atom. The second-order valence-corrected chi connectivity index (χ2v) is 2.61. The highest BCUT2D eigenvalue weighted by atomic mass is 15.1. The molecule has 1 unspecified atom stereocenters. The summed E-state index contributed by atoms with van der Waals surface area (Å²) in [5, 5.41) is 0. The van der Waals surface area contributed by atoms with Gasteiger partial charge in [0.25, 0.3) is 0 Å². The van der Waals surface area contributed by atoms with E-state index in [0.717, 1.165) is 5.92 Å². The average Bonchev–Trinajstić information content (AvgIpc) is 2.25. The Morgan fingerprint density at radius 3 is 1.80 bits per heavy atom. The molecule has 2 atom stereocenters. The van der Waals surface area contributed by atoms with Crippen LogP contribution < -0.4 is 0 Å². The highest BCUT2D eigenvalue weighted by Crippen LogP contribution is 2.17. The quantitative estimate of drug-likeness (QED) is 0.501. The summed E-state index contributed by atoms with van der Waals surface area (Å²) >= 11 is 0. The van der Waals surface area contributed by atoms with Gasteiger partial charge >= 0.3 is 0 Å². The summed E-state index contributed by atoms with van der Waals surface area (Å²) in [4.78, 5) is 2.24. The van der Waals surface area contributed by atoms with Crippen molar-refractivity contribution >= 4 is 0 Å². The van der Waals surface area contributed by atoms with Gasteiger partial charge in [-0.15, -0.1) is 0 Å². The minimum Gasteiger partial charge on any atom is -0.377 e. The third-order valence-corrected chi connectivity index (χ3v) is 2.03. The Morgan fingerprint density at radius 2 is 1.70 bits per heavy atom. The van der Waals surface area contributed by atoms with E-state index in [2.05, 4.69) is 38.1 Å². The summed E-state index contributed by atoms with van der Waals surface area (Å²) in [5.74, 6) is 0.736. The third kappa shape index (κ3) is 2.05. The molecule has 1 nitrogen and oxygen atoms in total. The van der Waals surface area contributed by atoms with Crippen LogP contribution in [-0.2, 0) is 0 Å². The van der Waals surface area contributed by atoms with Gasteiger partial charge in [0.05, 0.1) is 0 Å². The smallest absolute Gasteiger partial charge is 0.0313 e. The maximum Gasteiger partial charge on any atom is 0.0313 e. The Labute approximate surface area is 64.7 Å². The van der Waals surface area contributed by atoms with Gasteiger partial charge in [0.2, 0.25) is 0 Å². The predicted octanol–water partition coefficient (Wildman–Crippen LogP) is 2.50. The fourth-order valence-corrected chi connectivity index (χ4v) is 0.939. The van der Waals surface area contributed by atoms with Crippen molar-refractivity contribution in [2.24, 2.45) is 5.92 Å². The molecule has 0 bridgehead atoms. The Balaban J connectivity index is 0.000000371. The summed E-state index contributed by atoms with van der Waals surface area (Å²) in [5.41, 5.74) is 0. The van der Waals surface area contributed by atoms with Crippen LogP contribution in [0.3, 0.4) is 0 Å². The molecule has 10 heavy (non-hydrogen) atoms. The minimum atomic E-state index is 0.704. The molecular formula is C9H19N. The highest BCUT2D eigenvalue weighted by Gasteiger charge is 2.16. The summed E-state index contributed by atoms with van der Waals surface area (Å²) in [6.07, 6.45) is 4.39. The molecule has 0 aromatic carbocycles. The first-order valence-electron chi connectivity index (χ1n) is 4.12. The fourth-order valence-electron chi connectivity index (χ4n) is 0.939. The van der Waals surface area contributed by atoms with Crippen molar-refractivity contribution < 1.29 is 0 Å². The van der Waals surface area contributed by atoms with Crippen LogP contribution in [0.4, 0.5) is 0 Å². The van der Waals surface area contributed by atoms with Crippen molar-refractivity contribution in [2.75, 3.05) is 7.05 Å². The van der Waals surface area contributed by atoms with Gasteiger partial charge in [-0.1, -0.05) is 26.8 Å². The molecule has 0 amide bonds. The summed E-state index contributed by atoms with van der Waals surface area (Å²) < 4.78 is 0. The summed E-state index contributed by atoms with van der Waals surface area (Å²) in [6, 6.07) is 0.704. The van der Waals surface area contributed by atoms with Gasteiger partial charge in [-0.2, -0.15) is 0 Å². The first kappa shape index (κ1) is 9.54. The molecule has 1 rings (SSSR count). The van der Waals surface area contributed by atoms with E-state index in [0.29, 0.717) is 6.04 Å². The molecule has 1 heteroatoms. The number of rotatable bonds is 0. The van der Waals surface area contributed by atoms with Crippen LogP contribution in [0.5, 0.6) is 0 Å². The van der Waals surface area contributed by atoms with E-state index in [1.807, 2.05) is 13.8 Å². The number of hydrogen-bond donors (Lipinski definition) is 0. The van der Waals surface area contributed by atoms with E-state index in [1.165, 1.54) is 0 Å². The van der Waals surface area contributed by atoms with Crippen molar-refractivity contribution in [1.29, 1.82) is 0 Å². The first-order chi connectivity index (χ1) is 4.72. The lowest BCUT2D eigenvalue weighted by atomic mass is 10.1. The SMILES string of the molecule is CC.CC1C=CN(C)[C@@H]1C. The minimum absolute atomic E-state index is 0.704. The van der Waals surface area contributed by atoms with E-state index in [4.69, 9.17) is 0 Å². The highest BCUT2D eigenvalue weighted by molar-refractivity contribution is 4.99. The summed E-state index contributed by atoms with van der Waals surface area (Å²) in [7, 11) is 2.12. The van der Waals surface area contributed by atoms with Gasteiger partial charge in [-0.05, 0) is 19.0 Å². The Bertz CT molecular complexity index is 95.3. The average molecular weight is 141 g/mol. The molecular weight excluding hydrogens is 122 g/mol. The molecule has 0 saturated carbocycles. The van der Waals surface area contributed by atoms with Crippen molar-refractivity contribution in [1.82, 2.24) is 4.90 Å². The van der Waals surface area contributed by atoms with Gasteiger partial charge in [-0.3, -0.25) is 0 Å². The largest absolute Gasteiger partial charge is 0.377 e. The predicted molar refractivity (Wildman–Crippen MR) is 46.9 cm³/mol. The van der Waals surface area contributed by atoms with Crippen molar-refractivity contribution in [3.05, 3.63) is 12.3 Å². The molecule has 1 aliphatic heterocycles. The molecule has 0 aromatic heterocycles. The van der Waals surface area contributed by atoms with Crippen LogP contribution in [-0.4, -0.2) is 18.0 Å². The lowest BCUT2D eigenvalue weighted by molar-refractivity contribution is 0.333. The topological polar surface area (TPSA) is 3.24 Å². The van der Waals surface area contributed by atoms with Gasteiger partial charge < -0.3 is 4.90 Å². The molecule has 0 saturated heterocycles. The van der Waals surface area contributed by atoms with Crippen LogP contribution in [0.2, 0.25) is 0 Å². The third-order valence-electron chi connectivity index (χ3n) is 2.03. The fraction of sp³-hybridized carbons (Fsp3) is 0.778. The maximum absolute atomic E-state index is 2.24. The zero-order valence-corrected chi connectivity index (χ0v) is 7.76. The van der Waals surface area contributed by atoms with Gasteiger partial charge in [0, 0.05) is 13.1 Å². The van der Waals surface area contributed by atoms with Crippen LogP contribution in [0, 0.1) is 5.92 Å². The normalized spacial score (nSPS) is 29.9. The van der Waals surface area contributed by atoms with E-state index < -0.39 is 0 Å². The molecule has 0 fully saturated rings.